The number of rotatable bonds is 4. The lowest BCUT2D eigenvalue weighted by molar-refractivity contribution is -0.136. The van der Waals surface area contributed by atoms with Crippen LogP contribution in [0.2, 0.25) is 0 Å². The number of likely N-dealkylation sites (N-methyl/N-ethyl adjacent to an activating group) is 1. The van der Waals surface area contributed by atoms with Gasteiger partial charge in [0.2, 0.25) is 5.82 Å². The van der Waals surface area contributed by atoms with Gasteiger partial charge in [-0.05, 0) is 19.0 Å². The van der Waals surface area contributed by atoms with E-state index in [-0.39, 0.29) is 11.9 Å². The molecule has 0 atom stereocenters. The van der Waals surface area contributed by atoms with Crippen molar-refractivity contribution < 1.29 is 31.9 Å². The van der Waals surface area contributed by atoms with Crippen LogP contribution in [0.15, 0.2) is 4.90 Å². The monoisotopic (exact) mass is 287 g/mol. The van der Waals surface area contributed by atoms with E-state index in [1.54, 1.807) is 0 Å². The fraction of sp³-hybridized carbons (Fsp3) is 0.222. The molecule has 100 valence electrons. The number of nitrogens with zero attached hydrogens (tertiary/aromatic N) is 1. The molecule has 0 aliphatic heterocycles. The average molecular weight is 287 g/mol. The number of carboxylic acids is 1. The van der Waals surface area contributed by atoms with E-state index >= 15 is 0 Å². The second-order valence-electron chi connectivity index (χ2n) is 3.17. The van der Waals surface area contributed by atoms with Crippen molar-refractivity contribution in [3.8, 4) is 0 Å². The van der Waals surface area contributed by atoms with E-state index in [4.69, 9.17) is 5.11 Å². The maximum absolute atomic E-state index is 13.2. The molecule has 0 amide bonds. The molecule has 1 aromatic carbocycles. The van der Waals surface area contributed by atoms with E-state index in [0.717, 1.165) is 11.4 Å². The molecule has 18 heavy (non-hydrogen) atoms. The second-order valence-corrected chi connectivity index (χ2v) is 4.38. The Kier molecular flexibility index (Phi) is 4.52. The van der Waals surface area contributed by atoms with Gasteiger partial charge in [-0.1, -0.05) is 0 Å². The van der Waals surface area contributed by atoms with Crippen molar-refractivity contribution in [2.75, 3.05) is 13.6 Å². The van der Waals surface area contributed by atoms with Crippen LogP contribution in [0, 0.1) is 29.1 Å². The zero-order valence-corrected chi connectivity index (χ0v) is 9.62. The predicted octanol–water partition coefficient (Wildman–Crippen LogP) is 2.41. The second kappa shape index (κ2) is 5.53. The molecule has 0 saturated heterocycles. The summed E-state index contributed by atoms with van der Waals surface area (Å²) >= 11 is 0.118. The zero-order valence-electron chi connectivity index (χ0n) is 8.81. The highest BCUT2D eigenvalue weighted by Crippen LogP contribution is 2.31. The lowest BCUT2D eigenvalue weighted by Crippen LogP contribution is -2.20. The quantitative estimate of drug-likeness (QED) is 0.399. The van der Waals surface area contributed by atoms with Gasteiger partial charge in [0.05, 0.1) is 0 Å². The highest BCUT2D eigenvalue weighted by molar-refractivity contribution is 7.97. The Hall–Kier alpha value is -1.35. The van der Waals surface area contributed by atoms with Crippen molar-refractivity contribution in [2.45, 2.75) is 4.90 Å². The minimum atomic E-state index is -2.25. The Labute approximate surface area is 102 Å². The van der Waals surface area contributed by atoms with Gasteiger partial charge in [-0.3, -0.25) is 4.79 Å². The van der Waals surface area contributed by atoms with Crippen molar-refractivity contribution in [3.05, 3.63) is 29.1 Å². The molecule has 1 N–H and O–H groups in total. The van der Waals surface area contributed by atoms with Crippen LogP contribution in [-0.2, 0) is 4.79 Å². The normalized spacial score (nSPS) is 11.1. The summed E-state index contributed by atoms with van der Waals surface area (Å²) in [5, 5.41) is 8.40. The molecular formula is C9H6F5NO2S. The van der Waals surface area contributed by atoms with Gasteiger partial charge in [-0.25, -0.2) is 26.3 Å². The fourth-order valence-corrected chi connectivity index (χ4v) is 1.87. The van der Waals surface area contributed by atoms with Crippen LogP contribution in [0.4, 0.5) is 22.0 Å². The molecule has 0 bridgehead atoms. The molecule has 0 spiro atoms. The maximum atomic E-state index is 13.2. The van der Waals surface area contributed by atoms with Crippen molar-refractivity contribution in [2.24, 2.45) is 0 Å². The van der Waals surface area contributed by atoms with Crippen LogP contribution < -0.4 is 0 Å². The van der Waals surface area contributed by atoms with E-state index in [9.17, 15) is 26.7 Å². The summed E-state index contributed by atoms with van der Waals surface area (Å²) in [6.07, 6.45) is 0. The van der Waals surface area contributed by atoms with Gasteiger partial charge < -0.3 is 5.11 Å². The summed E-state index contributed by atoms with van der Waals surface area (Å²) in [4.78, 5) is 9.16. The molecule has 0 radical (unpaired) electrons. The summed E-state index contributed by atoms with van der Waals surface area (Å²) in [6.45, 7) is -0.635. The summed E-state index contributed by atoms with van der Waals surface area (Å²) in [6, 6.07) is 0. The number of hydrogen-bond donors (Lipinski definition) is 1. The lowest BCUT2D eigenvalue weighted by Gasteiger charge is -2.14. The smallest absolute Gasteiger partial charge is 0.318 e. The summed E-state index contributed by atoms with van der Waals surface area (Å²) in [5.74, 6) is -11.7. The predicted molar refractivity (Wildman–Crippen MR) is 52.4 cm³/mol. The molecule has 1 rings (SSSR count). The molecule has 0 aliphatic rings. The SMILES string of the molecule is CN(CC(=O)O)Sc1c(F)c(F)c(F)c(F)c1F. The van der Waals surface area contributed by atoms with Crippen LogP contribution in [0.1, 0.15) is 0 Å². The first-order valence-corrected chi connectivity index (χ1v) is 5.15. The molecule has 9 heteroatoms. The van der Waals surface area contributed by atoms with E-state index in [2.05, 4.69) is 0 Å². The first-order valence-electron chi connectivity index (χ1n) is 4.38. The topological polar surface area (TPSA) is 40.5 Å². The maximum Gasteiger partial charge on any atom is 0.318 e. The summed E-state index contributed by atoms with van der Waals surface area (Å²) < 4.78 is 65.5. The fourth-order valence-electron chi connectivity index (χ4n) is 1.04. The minimum absolute atomic E-state index is 0.118. The molecular weight excluding hydrogens is 281 g/mol. The molecule has 0 unspecified atom stereocenters. The Morgan fingerprint density at radius 3 is 1.83 bits per heavy atom. The van der Waals surface area contributed by atoms with E-state index in [1.807, 2.05) is 0 Å². The average Bonchev–Trinajstić information content (AvgIpc) is 2.29. The number of carbonyl (C=O) groups is 1. The molecule has 0 aliphatic carbocycles. The van der Waals surface area contributed by atoms with Gasteiger partial charge in [0.25, 0.3) is 0 Å². The Bertz CT molecular complexity index is 467. The molecule has 0 fully saturated rings. The van der Waals surface area contributed by atoms with Gasteiger partial charge in [-0.2, -0.15) is 0 Å². The van der Waals surface area contributed by atoms with Gasteiger partial charge in [-0.15, -0.1) is 0 Å². The minimum Gasteiger partial charge on any atom is -0.480 e. The molecule has 0 saturated carbocycles. The number of aliphatic carboxylic acids is 1. The van der Waals surface area contributed by atoms with Crippen molar-refractivity contribution >= 4 is 17.9 Å². The summed E-state index contributed by atoms with van der Waals surface area (Å²) in [5.41, 5.74) is 0. The number of carboxylic acid groups (broad SMARTS) is 1. The van der Waals surface area contributed by atoms with Crippen molar-refractivity contribution in [1.29, 1.82) is 0 Å². The van der Waals surface area contributed by atoms with Crippen molar-refractivity contribution in [3.63, 3.8) is 0 Å². The molecule has 0 heterocycles. The highest BCUT2D eigenvalue weighted by atomic mass is 32.2. The molecule has 1 aromatic rings. The van der Waals surface area contributed by atoms with Crippen LogP contribution in [-0.4, -0.2) is 29.0 Å². The summed E-state index contributed by atoms with van der Waals surface area (Å²) in [7, 11) is 1.14. The van der Waals surface area contributed by atoms with Gasteiger partial charge >= 0.3 is 5.97 Å². The third kappa shape index (κ3) is 2.91. The first-order chi connectivity index (χ1) is 8.25. The lowest BCUT2D eigenvalue weighted by atomic mass is 10.3. The largest absolute Gasteiger partial charge is 0.480 e. The van der Waals surface area contributed by atoms with E-state index in [1.165, 1.54) is 0 Å². The Morgan fingerprint density at radius 1 is 1.06 bits per heavy atom. The third-order valence-electron chi connectivity index (χ3n) is 1.77. The zero-order chi connectivity index (χ0) is 14.0. The number of benzene rings is 1. The molecule has 3 nitrogen and oxygen atoms in total. The van der Waals surface area contributed by atoms with Gasteiger partial charge in [0, 0.05) is 0 Å². The van der Waals surface area contributed by atoms with E-state index < -0.39 is 46.5 Å². The van der Waals surface area contributed by atoms with Crippen molar-refractivity contribution in [1.82, 2.24) is 4.31 Å². The molecule has 0 aromatic heterocycles. The number of halogens is 5. The van der Waals surface area contributed by atoms with Gasteiger partial charge in [0.15, 0.2) is 23.3 Å². The Morgan fingerprint density at radius 2 is 1.44 bits per heavy atom. The van der Waals surface area contributed by atoms with E-state index in [0.29, 0.717) is 0 Å². The van der Waals surface area contributed by atoms with Gasteiger partial charge in [0.1, 0.15) is 11.4 Å². The standard InChI is InChI=1S/C9H6F5NO2S/c1-15(2-3(16)17)18-9-7(13)5(11)4(10)6(12)8(9)14/h2H2,1H3,(H,16,17). The third-order valence-corrected chi connectivity index (χ3v) is 2.76. The van der Waals surface area contributed by atoms with Crippen LogP contribution in [0.3, 0.4) is 0 Å². The first kappa shape index (κ1) is 14.7. The van der Waals surface area contributed by atoms with Crippen LogP contribution >= 0.6 is 11.9 Å². The van der Waals surface area contributed by atoms with Crippen LogP contribution in [0.5, 0.6) is 0 Å². The Balaban J connectivity index is 3.13. The highest BCUT2D eigenvalue weighted by Gasteiger charge is 2.27. The number of hydrogen-bond acceptors (Lipinski definition) is 3. The van der Waals surface area contributed by atoms with Crippen LogP contribution in [0.25, 0.3) is 0 Å².